The molecule has 0 spiro atoms. The topological polar surface area (TPSA) is 35.2 Å². The van der Waals surface area contributed by atoms with Gasteiger partial charge in [0.05, 0.1) is 7.11 Å². The van der Waals surface area contributed by atoms with E-state index in [1.54, 1.807) is 7.11 Å². The van der Waals surface area contributed by atoms with Gasteiger partial charge in [-0.3, -0.25) is 0 Å². The minimum Gasteiger partial charge on any atom is -0.497 e. The van der Waals surface area contributed by atoms with Crippen LogP contribution in [0.25, 0.3) is 0 Å². The van der Waals surface area contributed by atoms with Gasteiger partial charge in [0, 0.05) is 6.04 Å². The number of benzene rings is 1. The molecule has 14 heavy (non-hydrogen) atoms. The van der Waals surface area contributed by atoms with Gasteiger partial charge in [-0.1, -0.05) is 25.5 Å². The Morgan fingerprint density at radius 2 is 1.86 bits per heavy atom. The first-order valence-electron chi connectivity index (χ1n) is 4.67. The summed E-state index contributed by atoms with van der Waals surface area (Å²) >= 11 is 0. The van der Waals surface area contributed by atoms with E-state index in [0.717, 1.165) is 18.6 Å². The van der Waals surface area contributed by atoms with Gasteiger partial charge in [0.15, 0.2) is 0 Å². The smallest absolute Gasteiger partial charge is 0.118 e. The van der Waals surface area contributed by atoms with Crippen LogP contribution in [0.5, 0.6) is 5.75 Å². The van der Waals surface area contributed by atoms with Crippen molar-refractivity contribution in [2.24, 2.45) is 5.73 Å². The Balaban J connectivity index is 0.00000169. The molecule has 1 atom stereocenters. The second-order valence-corrected chi connectivity index (χ2v) is 3.17. The normalized spacial score (nSPS) is 11.6. The largest absolute Gasteiger partial charge is 0.497 e. The molecule has 80 valence electrons. The van der Waals surface area contributed by atoms with E-state index >= 15 is 0 Å². The lowest BCUT2D eigenvalue weighted by molar-refractivity contribution is 0.414. The van der Waals surface area contributed by atoms with Gasteiger partial charge >= 0.3 is 0 Å². The SMILES string of the molecule is CCC[C@H](N)c1ccc(OC)cc1.Cl. The third-order valence-corrected chi connectivity index (χ3v) is 2.14. The molecule has 2 nitrogen and oxygen atoms in total. The van der Waals surface area contributed by atoms with Crippen LogP contribution in [0.2, 0.25) is 0 Å². The highest BCUT2D eigenvalue weighted by atomic mass is 35.5. The number of halogens is 1. The van der Waals surface area contributed by atoms with Crippen LogP contribution < -0.4 is 10.5 Å². The lowest BCUT2D eigenvalue weighted by Gasteiger charge is -2.10. The minimum atomic E-state index is 0. The van der Waals surface area contributed by atoms with Gasteiger partial charge in [-0.2, -0.15) is 0 Å². The highest BCUT2D eigenvalue weighted by molar-refractivity contribution is 5.85. The molecule has 1 aromatic carbocycles. The van der Waals surface area contributed by atoms with Crippen LogP contribution in [0.3, 0.4) is 0 Å². The molecule has 1 aromatic rings. The molecule has 0 radical (unpaired) electrons. The van der Waals surface area contributed by atoms with E-state index in [4.69, 9.17) is 10.5 Å². The van der Waals surface area contributed by atoms with Crippen molar-refractivity contribution in [3.8, 4) is 5.75 Å². The third-order valence-electron chi connectivity index (χ3n) is 2.14. The van der Waals surface area contributed by atoms with Crippen molar-refractivity contribution in [2.75, 3.05) is 7.11 Å². The molecule has 0 aliphatic carbocycles. The molecule has 0 saturated heterocycles. The highest BCUT2D eigenvalue weighted by Gasteiger charge is 2.03. The average Bonchev–Trinajstić information content (AvgIpc) is 2.18. The Kier molecular flexibility index (Phi) is 6.34. The predicted molar refractivity (Wildman–Crippen MR) is 62.1 cm³/mol. The van der Waals surface area contributed by atoms with Crippen molar-refractivity contribution < 1.29 is 4.74 Å². The summed E-state index contributed by atoms with van der Waals surface area (Å²) in [5, 5.41) is 0. The molecule has 0 fully saturated rings. The van der Waals surface area contributed by atoms with Gasteiger partial charge in [-0.15, -0.1) is 12.4 Å². The first kappa shape index (κ1) is 13.3. The zero-order valence-electron chi connectivity index (χ0n) is 8.69. The second-order valence-electron chi connectivity index (χ2n) is 3.17. The van der Waals surface area contributed by atoms with E-state index < -0.39 is 0 Å². The number of hydrogen-bond acceptors (Lipinski definition) is 2. The van der Waals surface area contributed by atoms with E-state index in [1.165, 1.54) is 5.56 Å². The van der Waals surface area contributed by atoms with Gasteiger partial charge in [0.1, 0.15) is 5.75 Å². The van der Waals surface area contributed by atoms with E-state index in [2.05, 4.69) is 6.92 Å². The molecule has 2 N–H and O–H groups in total. The summed E-state index contributed by atoms with van der Waals surface area (Å²) in [6.45, 7) is 2.14. The quantitative estimate of drug-likeness (QED) is 0.838. The van der Waals surface area contributed by atoms with Crippen molar-refractivity contribution in [2.45, 2.75) is 25.8 Å². The molecule has 0 aliphatic heterocycles. The molecule has 3 heteroatoms. The summed E-state index contributed by atoms with van der Waals surface area (Å²) in [5.41, 5.74) is 7.14. The molecule has 0 aromatic heterocycles. The van der Waals surface area contributed by atoms with E-state index in [-0.39, 0.29) is 18.4 Å². The zero-order chi connectivity index (χ0) is 9.68. The molecule has 0 saturated carbocycles. The standard InChI is InChI=1S/C11H17NO.ClH/c1-3-4-11(12)9-5-7-10(13-2)8-6-9;/h5-8,11H,3-4,12H2,1-2H3;1H/t11-;/m0./s1. The van der Waals surface area contributed by atoms with E-state index in [1.807, 2.05) is 24.3 Å². The summed E-state index contributed by atoms with van der Waals surface area (Å²) in [6.07, 6.45) is 2.15. The molecular weight excluding hydrogens is 198 g/mol. The fourth-order valence-corrected chi connectivity index (χ4v) is 1.33. The van der Waals surface area contributed by atoms with Crippen LogP contribution in [0.15, 0.2) is 24.3 Å². The highest BCUT2D eigenvalue weighted by Crippen LogP contribution is 2.18. The van der Waals surface area contributed by atoms with Gasteiger partial charge in [0.2, 0.25) is 0 Å². The van der Waals surface area contributed by atoms with Gasteiger partial charge in [-0.05, 0) is 24.1 Å². The molecule has 0 heterocycles. The maximum Gasteiger partial charge on any atom is 0.118 e. The zero-order valence-corrected chi connectivity index (χ0v) is 9.51. The Morgan fingerprint density at radius 1 is 1.29 bits per heavy atom. The Bertz CT molecular complexity index is 248. The lowest BCUT2D eigenvalue weighted by atomic mass is 10.0. The molecule has 0 amide bonds. The average molecular weight is 216 g/mol. The first-order chi connectivity index (χ1) is 6.27. The van der Waals surface area contributed by atoms with E-state index in [0.29, 0.717) is 0 Å². The first-order valence-corrected chi connectivity index (χ1v) is 4.67. The van der Waals surface area contributed by atoms with Crippen LogP contribution in [-0.4, -0.2) is 7.11 Å². The molecule has 0 unspecified atom stereocenters. The van der Waals surface area contributed by atoms with Gasteiger partial charge in [-0.25, -0.2) is 0 Å². The van der Waals surface area contributed by atoms with E-state index in [9.17, 15) is 0 Å². The predicted octanol–water partition coefficient (Wildman–Crippen LogP) is 2.92. The summed E-state index contributed by atoms with van der Waals surface area (Å²) in [5.74, 6) is 0.882. The monoisotopic (exact) mass is 215 g/mol. The van der Waals surface area contributed by atoms with Crippen molar-refractivity contribution >= 4 is 12.4 Å². The summed E-state index contributed by atoms with van der Waals surface area (Å²) in [6, 6.07) is 8.12. The van der Waals surface area contributed by atoms with Crippen LogP contribution in [0, 0.1) is 0 Å². The number of ether oxygens (including phenoxy) is 1. The minimum absolute atomic E-state index is 0. The van der Waals surface area contributed by atoms with Crippen molar-refractivity contribution in [3.05, 3.63) is 29.8 Å². The third kappa shape index (κ3) is 3.56. The van der Waals surface area contributed by atoms with Crippen LogP contribution in [0.4, 0.5) is 0 Å². The van der Waals surface area contributed by atoms with Gasteiger partial charge < -0.3 is 10.5 Å². The number of nitrogens with two attached hydrogens (primary N) is 1. The van der Waals surface area contributed by atoms with Crippen molar-refractivity contribution in [1.29, 1.82) is 0 Å². The molecular formula is C11H18ClNO. The van der Waals surface area contributed by atoms with Crippen LogP contribution in [-0.2, 0) is 0 Å². The molecule has 0 aliphatic rings. The van der Waals surface area contributed by atoms with Crippen molar-refractivity contribution in [3.63, 3.8) is 0 Å². The second kappa shape index (κ2) is 6.68. The summed E-state index contributed by atoms with van der Waals surface area (Å²) < 4.78 is 5.07. The summed E-state index contributed by atoms with van der Waals surface area (Å²) in [4.78, 5) is 0. The fraction of sp³-hybridized carbons (Fsp3) is 0.455. The maximum atomic E-state index is 5.96. The van der Waals surface area contributed by atoms with Gasteiger partial charge in [0.25, 0.3) is 0 Å². The Labute approximate surface area is 91.9 Å². The fourth-order valence-electron chi connectivity index (χ4n) is 1.33. The van der Waals surface area contributed by atoms with Crippen LogP contribution >= 0.6 is 12.4 Å². The maximum absolute atomic E-state index is 5.96. The number of methoxy groups -OCH3 is 1. The van der Waals surface area contributed by atoms with Crippen molar-refractivity contribution in [1.82, 2.24) is 0 Å². The Hall–Kier alpha value is -0.730. The molecule has 1 rings (SSSR count). The Morgan fingerprint density at radius 3 is 2.29 bits per heavy atom. The number of rotatable bonds is 4. The molecule has 0 bridgehead atoms. The lowest BCUT2D eigenvalue weighted by Crippen LogP contribution is -2.09. The number of hydrogen-bond donors (Lipinski definition) is 1. The summed E-state index contributed by atoms with van der Waals surface area (Å²) in [7, 11) is 1.67. The van der Waals surface area contributed by atoms with Crippen LogP contribution in [0.1, 0.15) is 31.4 Å².